The predicted octanol–water partition coefficient (Wildman–Crippen LogP) is 2.04. The van der Waals surface area contributed by atoms with Crippen LogP contribution in [0.15, 0.2) is 30.3 Å². The zero-order valence-electron chi connectivity index (χ0n) is 18.8. The Morgan fingerprint density at radius 2 is 1.68 bits per heavy atom. The number of rotatable bonds is 9. The summed E-state index contributed by atoms with van der Waals surface area (Å²) in [5.41, 5.74) is 6.38. The van der Waals surface area contributed by atoms with Gasteiger partial charge in [0.05, 0.1) is 6.04 Å². The number of ether oxygens (including phenoxy) is 1. The highest BCUT2D eigenvalue weighted by molar-refractivity contribution is 5.99. The Hall–Kier alpha value is -2.45. The molecule has 31 heavy (non-hydrogen) atoms. The molecule has 0 spiro atoms. The van der Waals surface area contributed by atoms with Crippen molar-refractivity contribution in [1.29, 1.82) is 0 Å². The van der Waals surface area contributed by atoms with Crippen molar-refractivity contribution >= 4 is 17.8 Å². The van der Waals surface area contributed by atoms with Crippen LogP contribution < -0.4 is 5.73 Å². The van der Waals surface area contributed by atoms with E-state index in [0.717, 1.165) is 13.0 Å². The first-order valence-electron chi connectivity index (χ1n) is 10.8. The van der Waals surface area contributed by atoms with Gasteiger partial charge in [0.15, 0.2) is 5.92 Å². The first-order valence-corrected chi connectivity index (χ1v) is 10.8. The number of esters is 1. The molecule has 0 bridgehead atoms. The maximum atomic E-state index is 13.3. The number of unbranched alkanes of at least 4 members (excludes halogenated alkanes) is 1. The van der Waals surface area contributed by atoms with Gasteiger partial charge in [0.2, 0.25) is 5.91 Å². The lowest BCUT2D eigenvalue weighted by Crippen LogP contribution is -2.53. The van der Waals surface area contributed by atoms with E-state index >= 15 is 0 Å². The largest absolute Gasteiger partial charge is 0.481 e. The maximum absolute atomic E-state index is 13.3. The van der Waals surface area contributed by atoms with Crippen molar-refractivity contribution in [2.45, 2.75) is 51.7 Å². The smallest absolute Gasteiger partial charge is 0.320 e. The molecule has 1 heterocycles. The van der Waals surface area contributed by atoms with E-state index in [0.29, 0.717) is 38.2 Å². The molecule has 1 aromatic rings. The summed E-state index contributed by atoms with van der Waals surface area (Å²) in [5, 5.41) is 8.73. The van der Waals surface area contributed by atoms with E-state index < -0.39 is 29.5 Å². The second kappa shape index (κ2) is 11.2. The first kappa shape index (κ1) is 24.8. The standard InChI is InChI=1S/C23H35N3O5/c1-23(2,3)31-22(30)19(20(24)17-9-5-4-6-10-17)21(29)26-15-13-25(14-16-26)12-8-7-11-18(27)28/h4-6,9-10,19-20H,7-8,11-16,24H2,1-3H3,(H,27,28). The number of aliphatic carboxylic acids is 1. The van der Waals surface area contributed by atoms with E-state index in [1.807, 2.05) is 30.3 Å². The van der Waals surface area contributed by atoms with Gasteiger partial charge in [0.1, 0.15) is 5.60 Å². The number of carbonyl (C=O) groups is 3. The number of hydrogen-bond acceptors (Lipinski definition) is 6. The molecule has 1 amide bonds. The summed E-state index contributed by atoms with van der Waals surface area (Å²) >= 11 is 0. The number of amides is 1. The fraction of sp³-hybridized carbons (Fsp3) is 0.609. The van der Waals surface area contributed by atoms with Crippen molar-refractivity contribution in [3.05, 3.63) is 35.9 Å². The van der Waals surface area contributed by atoms with Crippen molar-refractivity contribution in [3.8, 4) is 0 Å². The maximum Gasteiger partial charge on any atom is 0.320 e. The van der Waals surface area contributed by atoms with Gasteiger partial charge in [-0.15, -0.1) is 0 Å². The van der Waals surface area contributed by atoms with E-state index in [1.165, 1.54) is 0 Å². The van der Waals surface area contributed by atoms with Crippen LogP contribution in [0.5, 0.6) is 0 Å². The van der Waals surface area contributed by atoms with Gasteiger partial charge in [0, 0.05) is 32.6 Å². The van der Waals surface area contributed by atoms with Crippen molar-refractivity contribution < 1.29 is 24.2 Å². The summed E-state index contributed by atoms with van der Waals surface area (Å²) in [5.74, 6) is -2.80. The third-order valence-corrected chi connectivity index (χ3v) is 5.27. The van der Waals surface area contributed by atoms with Crippen molar-refractivity contribution in [2.24, 2.45) is 11.7 Å². The summed E-state index contributed by atoms with van der Waals surface area (Å²) in [7, 11) is 0. The van der Waals surface area contributed by atoms with Crippen LogP contribution in [0.3, 0.4) is 0 Å². The minimum Gasteiger partial charge on any atom is -0.481 e. The highest BCUT2D eigenvalue weighted by atomic mass is 16.6. The Morgan fingerprint density at radius 1 is 1.06 bits per heavy atom. The number of nitrogens with two attached hydrogens (primary N) is 1. The number of nitrogens with zero attached hydrogens (tertiary/aromatic N) is 2. The zero-order chi connectivity index (χ0) is 23.0. The Morgan fingerprint density at radius 3 is 2.23 bits per heavy atom. The number of hydrogen-bond donors (Lipinski definition) is 2. The van der Waals surface area contributed by atoms with E-state index in [2.05, 4.69) is 4.90 Å². The van der Waals surface area contributed by atoms with E-state index in [1.54, 1.807) is 25.7 Å². The van der Waals surface area contributed by atoms with Gasteiger partial charge in [-0.25, -0.2) is 0 Å². The highest BCUT2D eigenvalue weighted by Crippen LogP contribution is 2.25. The SMILES string of the molecule is CC(C)(C)OC(=O)C(C(=O)N1CCN(CCCCC(=O)O)CC1)C(N)c1ccccc1. The Bertz CT molecular complexity index is 739. The predicted molar refractivity (Wildman–Crippen MR) is 117 cm³/mol. The molecule has 0 aliphatic carbocycles. The number of carboxylic acids is 1. The second-order valence-electron chi connectivity index (χ2n) is 8.97. The fourth-order valence-corrected chi connectivity index (χ4v) is 3.63. The molecule has 0 aromatic heterocycles. The zero-order valence-corrected chi connectivity index (χ0v) is 18.8. The van der Waals surface area contributed by atoms with Crippen molar-refractivity contribution in [2.75, 3.05) is 32.7 Å². The van der Waals surface area contributed by atoms with Gasteiger partial charge >= 0.3 is 11.9 Å². The third kappa shape index (κ3) is 7.95. The Kier molecular flexibility index (Phi) is 9.00. The van der Waals surface area contributed by atoms with E-state index in [9.17, 15) is 14.4 Å². The first-order chi connectivity index (χ1) is 14.6. The lowest BCUT2D eigenvalue weighted by atomic mass is 9.92. The van der Waals surface area contributed by atoms with Gasteiger partial charge in [-0.05, 0) is 45.7 Å². The summed E-state index contributed by atoms with van der Waals surface area (Å²) in [6, 6.07) is 8.34. The summed E-state index contributed by atoms with van der Waals surface area (Å²) < 4.78 is 5.54. The molecule has 1 aromatic carbocycles. The number of carboxylic acid groups (broad SMARTS) is 1. The minimum atomic E-state index is -1.11. The minimum absolute atomic E-state index is 0.174. The van der Waals surface area contributed by atoms with E-state index in [4.69, 9.17) is 15.6 Å². The van der Waals surface area contributed by atoms with Crippen molar-refractivity contribution in [1.82, 2.24) is 9.80 Å². The summed E-state index contributed by atoms with van der Waals surface area (Å²) in [4.78, 5) is 40.8. The van der Waals surface area contributed by atoms with Crippen LogP contribution in [0.25, 0.3) is 0 Å². The molecule has 2 atom stereocenters. The molecule has 1 aliphatic rings. The van der Waals surface area contributed by atoms with Crippen LogP contribution in [-0.4, -0.2) is 71.1 Å². The fourth-order valence-electron chi connectivity index (χ4n) is 3.63. The molecule has 1 fully saturated rings. The number of carbonyl (C=O) groups excluding carboxylic acids is 2. The summed E-state index contributed by atoms with van der Waals surface area (Å²) in [6.45, 7) is 8.46. The third-order valence-electron chi connectivity index (χ3n) is 5.27. The molecule has 2 rings (SSSR count). The molecule has 2 unspecified atom stereocenters. The van der Waals surface area contributed by atoms with Crippen LogP contribution in [-0.2, 0) is 19.1 Å². The lowest BCUT2D eigenvalue weighted by molar-refractivity contribution is -0.166. The van der Waals surface area contributed by atoms with Gasteiger partial charge in [0.25, 0.3) is 0 Å². The average molecular weight is 434 g/mol. The average Bonchev–Trinajstić information content (AvgIpc) is 2.71. The molecular formula is C23H35N3O5. The molecule has 0 saturated carbocycles. The molecule has 0 radical (unpaired) electrons. The van der Waals surface area contributed by atoms with Gasteiger partial charge < -0.3 is 20.5 Å². The van der Waals surface area contributed by atoms with Crippen LogP contribution in [0.2, 0.25) is 0 Å². The number of piperazine rings is 1. The normalized spacial score (nSPS) is 17.1. The topological polar surface area (TPSA) is 113 Å². The monoisotopic (exact) mass is 433 g/mol. The quantitative estimate of drug-likeness (QED) is 0.348. The molecule has 8 nitrogen and oxygen atoms in total. The van der Waals surface area contributed by atoms with Crippen LogP contribution in [0, 0.1) is 5.92 Å². The van der Waals surface area contributed by atoms with Crippen LogP contribution in [0.1, 0.15) is 51.6 Å². The molecule has 1 saturated heterocycles. The van der Waals surface area contributed by atoms with E-state index in [-0.39, 0.29) is 12.3 Å². The number of benzene rings is 1. The highest BCUT2D eigenvalue weighted by Gasteiger charge is 2.40. The summed E-state index contributed by atoms with van der Waals surface area (Å²) in [6.07, 6.45) is 1.62. The van der Waals surface area contributed by atoms with Gasteiger partial charge in [-0.2, -0.15) is 0 Å². The van der Waals surface area contributed by atoms with Gasteiger partial charge in [-0.3, -0.25) is 19.3 Å². The lowest BCUT2D eigenvalue weighted by Gasteiger charge is -2.37. The van der Waals surface area contributed by atoms with Gasteiger partial charge in [-0.1, -0.05) is 30.3 Å². The molecule has 172 valence electrons. The van der Waals surface area contributed by atoms with Crippen LogP contribution in [0.4, 0.5) is 0 Å². The molecule has 8 heteroatoms. The Labute approximate surface area is 184 Å². The molecular weight excluding hydrogens is 398 g/mol. The van der Waals surface area contributed by atoms with Crippen LogP contribution >= 0.6 is 0 Å². The molecule has 3 N–H and O–H groups in total. The Balaban J connectivity index is 2.02. The second-order valence-corrected chi connectivity index (χ2v) is 8.97. The molecule has 1 aliphatic heterocycles. The van der Waals surface area contributed by atoms with Crippen molar-refractivity contribution in [3.63, 3.8) is 0 Å².